The molecule has 0 radical (unpaired) electrons. The molecule has 1 aromatic carbocycles. The van der Waals surface area contributed by atoms with Gasteiger partial charge in [-0.1, -0.05) is 35.3 Å². The molecule has 2 N–H and O–H groups in total. The number of carbonyl (C=O) groups is 2. The number of morpholine rings is 1. The minimum absolute atomic E-state index is 0.149. The minimum atomic E-state index is -0.653. The average molecular weight is 370 g/mol. The van der Waals surface area contributed by atoms with Gasteiger partial charge in [0.15, 0.2) is 0 Å². The summed E-state index contributed by atoms with van der Waals surface area (Å²) in [7, 11) is 0. The summed E-state index contributed by atoms with van der Waals surface area (Å²) in [5.74, 6) is -0.149. The Morgan fingerprint density at radius 1 is 1.29 bits per heavy atom. The number of benzene rings is 1. The summed E-state index contributed by atoms with van der Waals surface area (Å²) >= 11 is 12.4. The monoisotopic (exact) mass is 369 g/mol. The number of carbonyl (C=O) groups excluding carboxylic acids is 2. The smallest absolute Gasteiger partial charge is 0.319 e. The summed E-state index contributed by atoms with van der Waals surface area (Å²) < 4.78 is 5.29. The lowest BCUT2D eigenvalue weighted by atomic mass is 9.94. The number of nitrogens with zero attached hydrogens (tertiary/aromatic N) is 1. The van der Waals surface area contributed by atoms with Gasteiger partial charge in [0, 0.05) is 18.8 Å². The fraction of sp³-hybridized carbons (Fsp3) is 0.375. The zero-order valence-electron chi connectivity index (χ0n) is 13.1. The number of hydrogen-bond acceptors (Lipinski definition) is 3. The fourth-order valence-corrected chi connectivity index (χ4v) is 3.31. The molecule has 1 aromatic rings. The van der Waals surface area contributed by atoms with Crippen LogP contribution in [0.1, 0.15) is 18.5 Å². The van der Waals surface area contributed by atoms with Crippen LogP contribution in [0.25, 0.3) is 0 Å². The summed E-state index contributed by atoms with van der Waals surface area (Å²) in [6.07, 6.45) is 0. The van der Waals surface area contributed by atoms with Gasteiger partial charge in [0.2, 0.25) is 0 Å². The Morgan fingerprint density at radius 3 is 2.71 bits per heavy atom. The Hall–Kier alpha value is -1.76. The maximum Gasteiger partial charge on any atom is 0.319 e. The molecule has 0 bridgehead atoms. The van der Waals surface area contributed by atoms with Gasteiger partial charge in [-0.3, -0.25) is 4.79 Å². The van der Waals surface area contributed by atoms with Crippen molar-refractivity contribution in [3.63, 3.8) is 0 Å². The predicted octanol–water partition coefficient (Wildman–Crippen LogP) is 2.48. The van der Waals surface area contributed by atoms with Crippen molar-refractivity contribution in [2.75, 3.05) is 26.3 Å². The summed E-state index contributed by atoms with van der Waals surface area (Å²) in [4.78, 5) is 26.6. The van der Waals surface area contributed by atoms with Gasteiger partial charge in [-0.15, -0.1) is 0 Å². The van der Waals surface area contributed by atoms with E-state index in [1.807, 2.05) is 0 Å². The second kappa shape index (κ2) is 7.01. The first-order valence-electron chi connectivity index (χ1n) is 7.58. The van der Waals surface area contributed by atoms with Crippen LogP contribution >= 0.6 is 23.2 Å². The van der Waals surface area contributed by atoms with Crippen LogP contribution in [-0.2, 0) is 9.53 Å². The molecule has 6 nitrogen and oxygen atoms in total. The van der Waals surface area contributed by atoms with Gasteiger partial charge < -0.3 is 20.3 Å². The van der Waals surface area contributed by atoms with E-state index in [1.165, 1.54) is 0 Å². The van der Waals surface area contributed by atoms with E-state index in [-0.39, 0.29) is 11.9 Å². The molecule has 0 aliphatic carbocycles. The third-order valence-electron chi connectivity index (χ3n) is 4.09. The quantitative estimate of drug-likeness (QED) is 0.840. The molecule has 0 saturated carbocycles. The summed E-state index contributed by atoms with van der Waals surface area (Å²) in [6, 6.07) is 4.12. The maximum absolute atomic E-state index is 13.0. The molecule has 3 rings (SSSR count). The van der Waals surface area contributed by atoms with Crippen molar-refractivity contribution < 1.29 is 14.3 Å². The van der Waals surface area contributed by atoms with E-state index in [9.17, 15) is 9.59 Å². The molecule has 8 heteroatoms. The second-order valence-electron chi connectivity index (χ2n) is 5.62. The Bertz CT molecular complexity index is 715. The first-order valence-corrected chi connectivity index (χ1v) is 8.34. The standard InChI is InChI=1S/C16H17Cl2N3O3/c1-9-12(15(22)21-5-7-24-8-6-21)14(20-16(23)19-9)10-3-2-4-11(17)13(10)18/h2-4,14H,5-8H2,1H3,(H2,19,20,23)/t14-/m1/s1. The van der Waals surface area contributed by atoms with Gasteiger partial charge in [-0.2, -0.15) is 0 Å². The highest BCUT2D eigenvalue weighted by Crippen LogP contribution is 2.35. The topological polar surface area (TPSA) is 70.7 Å². The number of nitrogens with one attached hydrogen (secondary N) is 2. The molecule has 1 fully saturated rings. The van der Waals surface area contributed by atoms with Crippen molar-refractivity contribution in [3.8, 4) is 0 Å². The molecule has 1 saturated heterocycles. The Kier molecular flexibility index (Phi) is 4.99. The molecule has 2 aliphatic heterocycles. The molecule has 2 aliphatic rings. The van der Waals surface area contributed by atoms with E-state index in [4.69, 9.17) is 27.9 Å². The third-order valence-corrected chi connectivity index (χ3v) is 4.92. The van der Waals surface area contributed by atoms with Crippen LogP contribution in [0.4, 0.5) is 4.79 Å². The van der Waals surface area contributed by atoms with E-state index in [2.05, 4.69) is 10.6 Å². The van der Waals surface area contributed by atoms with Gasteiger partial charge in [0.05, 0.1) is 34.9 Å². The lowest BCUT2D eigenvalue weighted by Crippen LogP contribution is -2.49. The van der Waals surface area contributed by atoms with Crippen molar-refractivity contribution in [3.05, 3.63) is 45.1 Å². The lowest BCUT2D eigenvalue weighted by molar-refractivity contribution is -0.131. The fourth-order valence-electron chi connectivity index (χ4n) is 2.89. The molecule has 24 heavy (non-hydrogen) atoms. The summed E-state index contributed by atoms with van der Waals surface area (Å²) in [5, 5.41) is 6.13. The normalized spacial score (nSPS) is 21.4. The van der Waals surface area contributed by atoms with E-state index >= 15 is 0 Å². The van der Waals surface area contributed by atoms with Crippen LogP contribution in [0.3, 0.4) is 0 Å². The van der Waals surface area contributed by atoms with Gasteiger partial charge in [0.25, 0.3) is 5.91 Å². The van der Waals surface area contributed by atoms with Crippen LogP contribution in [-0.4, -0.2) is 43.1 Å². The number of ether oxygens (including phenoxy) is 1. The second-order valence-corrected chi connectivity index (χ2v) is 6.40. The molecule has 2 heterocycles. The summed E-state index contributed by atoms with van der Waals surface area (Å²) in [6.45, 7) is 3.73. The first-order chi connectivity index (χ1) is 11.5. The number of hydrogen-bond donors (Lipinski definition) is 2. The highest BCUT2D eigenvalue weighted by atomic mass is 35.5. The largest absolute Gasteiger partial charge is 0.378 e. The van der Waals surface area contributed by atoms with Crippen molar-refractivity contribution in [2.45, 2.75) is 13.0 Å². The number of urea groups is 1. The highest BCUT2D eigenvalue weighted by molar-refractivity contribution is 6.42. The Balaban J connectivity index is 2.02. The lowest BCUT2D eigenvalue weighted by Gasteiger charge is -2.34. The Morgan fingerprint density at radius 2 is 2.00 bits per heavy atom. The molecule has 3 amide bonds. The SMILES string of the molecule is CC1=C(C(=O)N2CCOCC2)[C@@H](c2cccc(Cl)c2Cl)NC(=O)N1. The zero-order valence-corrected chi connectivity index (χ0v) is 14.6. The number of rotatable bonds is 2. The Labute approximate surface area is 149 Å². The van der Waals surface area contributed by atoms with E-state index in [0.29, 0.717) is 53.2 Å². The molecular weight excluding hydrogens is 353 g/mol. The third kappa shape index (κ3) is 3.22. The van der Waals surface area contributed by atoms with E-state index in [1.54, 1.807) is 30.0 Å². The van der Waals surface area contributed by atoms with Gasteiger partial charge in [-0.05, 0) is 18.6 Å². The average Bonchev–Trinajstić information content (AvgIpc) is 2.57. The van der Waals surface area contributed by atoms with Crippen molar-refractivity contribution in [1.29, 1.82) is 0 Å². The van der Waals surface area contributed by atoms with Crippen LogP contribution in [0.5, 0.6) is 0 Å². The van der Waals surface area contributed by atoms with Gasteiger partial charge in [0.1, 0.15) is 0 Å². The number of halogens is 2. The number of allylic oxidation sites excluding steroid dienone is 1. The minimum Gasteiger partial charge on any atom is -0.378 e. The molecule has 1 atom stereocenters. The summed E-state index contributed by atoms with van der Waals surface area (Å²) in [5.41, 5.74) is 1.56. The predicted molar refractivity (Wildman–Crippen MR) is 91.0 cm³/mol. The van der Waals surface area contributed by atoms with Crippen molar-refractivity contribution in [1.82, 2.24) is 15.5 Å². The van der Waals surface area contributed by atoms with Gasteiger partial charge in [-0.25, -0.2) is 4.79 Å². The first kappa shape index (κ1) is 17.1. The highest BCUT2D eigenvalue weighted by Gasteiger charge is 2.35. The number of amides is 3. The molecule has 0 unspecified atom stereocenters. The molecule has 0 aromatic heterocycles. The zero-order chi connectivity index (χ0) is 17.3. The van der Waals surface area contributed by atoms with Crippen LogP contribution in [0, 0.1) is 0 Å². The molecular formula is C16H17Cl2N3O3. The van der Waals surface area contributed by atoms with Crippen LogP contribution < -0.4 is 10.6 Å². The van der Waals surface area contributed by atoms with E-state index < -0.39 is 6.04 Å². The van der Waals surface area contributed by atoms with Crippen LogP contribution in [0.15, 0.2) is 29.5 Å². The van der Waals surface area contributed by atoms with Crippen LogP contribution in [0.2, 0.25) is 10.0 Å². The van der Waals surface area contributed by atoms with Crippen molar-refractivity contribution in [2.24, 2.45) is 0 Å². The molecule has 128 valence electrons. The van der Waals surface area contributed by atoms with Crippen molar-refractivity contribution >= 4 is 35.1 Å². The molecule has 0 spiro atoms. The van der Waals surface area contributed by atoms with E-state index in [0.717, 1.165) is 0 Å². The van der Waals surface area contributed by atoms with Gasteiger partial charge >= 0.3 is 6.03 Å². The maximum atomic E-state index is 13.0.